The van der Waals surface area contributed by atoms with Crippen molar-refractivity contribution in [3.63, 3.8) is 0 Å². The monoisotopic (exact) mass is 396 g/mol. The molecule has 3 rings (SSSR count). The van der Waals surface area contributed by atoms with Gasteiger partial charge in [0.1, 0.15) is 5.75 Å². The summed E-state index contributed by atoms with van der Waals surface area (Å²) < 4.78 is 38.7. The Morgan fingerprint density at radius 1 is 1.11 bits per heavy atom. The van der Waals surface area contributed by atoms with E-state index in [1.54, 1.807) is 11.0 Å². The lowest BCUT2D eigenvalue weighted by molar-refractivity contribution is -0.0440. The smallest absolute Gasteiger partial charge is 0.257 e. The average molecular weight is 397 g/mol. The first-order chi connectivity index (χ1) is 12.8. The highest BCUT2D eigenvalue weighted by Crippen LogP contribution is 2.28. The third-order valence-corrected chi connectivity index (χ3v) is 6.90. The highest BCUT2D eigenvalue weighted by Gasteiger charge is 2.33. The second kappa shape index (κ2) is 8.16. The molecular formula is C19H28N2O5S. The minimum atomic E-state index is -3.71. The molecule has 1 amide bonds. The standard InChI is InChI=1S/C19H28N2O5S/c1-14-12-21(13-15(2)26-14)27(23,24)16-7-8-18(25-3)17(11-16)19(22)20-9-5-4-6-10-20/h7-8,11,14-15H,4-6,9-10,12-13H2,1-3H3/t14-,15-/m0/s1. The summed E-state index contributed by atoms with van der Waals surface area (Å²) in [5, 5.41) is 0. The number of methoxy groups -OCH3 is 1. The zero-order chi connectivity index (χ0) is 19.6. The van der Waals surface area contributed by atoms with Crippen LogP contribution in [-0.2, 0) is 14.8 Å². The molecule has 2 saturated heterocycles. The molecule has 1 aromatic rings. The van der Waals surface area contributed by atoms with E-state index in [1.165, 1.54) is 23.5 Å². The van der Waals surface area contributed by atoms with Crippen molar-refractivity contribution in [1.29, 1.82) is 0 Å². The Bertz CT molecular complexity index is 779. The molecule has 0 radical (unpaired) electrons. The summed E-state index contributed by atoms with van der Waals surface area (Å²) in [7, 11) is -2.22. The molecule has 0 saturated carbocycles. The van der Waals surface area contributed by atoms with Gasteiger partial charge in [-0.15, -0.1) is 0 Å². The normalized spacial score (nSPS) is 24.6. The lowest BCUT2D eigenvalue weighted by Gasteiger charge is -2.34. The molecule has 0 N–H and O–H groups in total. The Balaban J connectivity index is 1.93. The van der Waals surface area contributed by atoms with E-state index in [0.29, 0.717) is 37.5 Å². The maximum Gasteiger partial charge on any atom is 0.257 e. The predicted molar refractivity (Wildman–Crippen MR) is 102 cm³/mol. The summed E-state index contributed by atoms with van der Waals surface area (Å²) in [4.78, 5) is 14.8. The van der Waals surface area contributed by atoms with Crippen molar-refractivity contribution in [2.45, 2.75) is 50.2 Å². The Hall–Kier alpha value is -1.64. The van der Waals surface area contributed by atoms with Gasteiger partial charge in [0, 0.05) is 26.2 Å². The summed E-state index contributed by atoms with van der Waals surface area (Å²) >= 11 is 0. The topological polar surface area (TPSA) is 76.1 Å². The van der Waals surface area contributed by atoms with Crippen LogP contribution in [0, 0.1) is 0 Å². The number of nitrogens with zero attached hydrogens (tertiary/aromatic N) is 2. The van der Waals surface area contributed by atoms with E-state index >= 15 is 0 Å². The number of sulfonamides is 1. The molecule has 0 aliphatic carbocycles. The summed E-state index contributed by atoms with van der Waals surface area (Å²) in [5.41, 5.74) is 0.301. The number of ether oxygens (including phenoxy) is 2. The van der Waals surface area contributed by atoms with Crippen LogP contribution < -0.4 is 4.74 Å². The van der Waals surface area contributed by atoms with E-state index in [1.807, 2.05) is 13.8 Å². The lowest BCUT2D eigenvalue weighted by Crippen LogP contribution is -2.48. The molecule has 0 spiro atoms. The maximum atomic E-state index is 13.1. The number of piperidine rings is 1. The molecule has 8 heteroatoms. The number of hydrogen-bond acceptors (Lipinski definition) is 5. The van der Waals surface area contributed by atoms with Crippen LogP contribution in [-0.4, -0.2) is 69.0 Å². The molecule has 0 aromatic heterocycles. The molecule has 1 aromatic carbocycles. The van der Waals surface area contributed by atoms with Crippen LogP contribution in [0.5, 0.6) is 5.75 Å². The molecular weight excluding hydrogens is 368 g/mol. The van der Waals surface area contributed by atoms with Crippen molar-refractivity contribution in [3.8, 4) is 5.75 Å². The number of hydrogen-bond donors (Lipinski definition) is 0. The number of carbonyl (C=O) groups excluding carboxylic acids is 1. The molecule has 2 aliphatic heterocycles. The average Bonchev–Trinajstić information content (AvgIpc) is 2.66. The van der Waals surface area contributed by atoms with Crippen LogP contribution >= 0.6 is 0 Å². The minimum Gasteiger partial charge on any atom is -0.496 e. The molecule has 27 heavy (non-hydrogen) atoms. The van der Waals surface area contributed by atoms with Crippen molar-refractivity contribution in [2.75, 3.05) is 33.3 Å². The van der Waals surface area contributed by atoms with Crippen LogP contribution in [0.3, 0.4) is 0 Å². The van der Waals surface area contributed by atoms with Crippen molar-refractivity contribution < 1.29 is 22.7 Å². The van der Waals surface area contributed by atoms with E-state index in [-0.39, 0.29) is 23.0 Å². The van der Waals surface area contributed by atoms with Crippen LogP contribution in [0.15, 0.2) is 23.1 Å². The number of rotatable bonds is 4. The van der Waals surface area contributed by atoms with Gasteiger partial charge in [0.05, 0.1) is 29.8 Å². The molecule has 2 heterocycles. The van der Waals surface area contributed by atoms with Crippen LogP contribution in [0.1, 0.15) is 43.5 Å². The van der Waals surface area contributed by atoms with Gasteiger partial charge in [-0.2, -0.15) is 4.31 Å². The third kappa shape index (κ3) is 4.28. The van der Waals surface area contributed by atoms with Gasteiger partial charge in [-0.05, 0) is 51.3 Å². The Morgan fingerprint density at radius 2 is 1.74 bits per heavy atom. The van der Waals surface area contributed by atoms with Gasteiger partial charge in [0.25, 0.3) is 5.91 Å². The van der Waals surface area contributed by atoms with Gasteiger partial charge in [0.2, 0.25) is 10.0 Å². The van der Waals surface area contributed by atoms with Crippen LogP contribution in [0.4, 0.5) is 0 Å². The quantitative estimate of drug-likeness (QED) is 0.779. The fourth-order valence-electron chi connectivity index (χ4n) is 3.76. The van der Waals surface area contributed by atoms with Gasteiger partial charge in [-0.25, -0.2) is 8.42 Å². The van der Waals surface area contributed by atoms with Crippen molar-refractivity contribution >= 4 is 15.9 Å². The van der Waals surface area contributed by atoms with Crippen molar-refractivity contribution in [2.24, 2.45) is 0 Å². The van der Waals surface area contributed by atoms with Gasteiger partial charge < -0.3 is 14.4 Å². The maximum absolute atomic E-state index is 13.1. The summed E-state index contributed by atoms with van der Waals surface area (Å²) in [5.74, 6) is 0.223. The first-order valence-electron chi connectivity index (χ1n) is 9.46. The second-order valence-corrected chi connectivity index (χ2v) is 9.23. The highest BCUT2D eigenvalue weighted by molar-refractivity contribution is 7.89. The van der Waals surface area contributed by atoms with E-state index < -0.39 is 10.0 Å². The second-order valence-electron chi connectivity index (χ2n) is 7.29. The summed E-state index contributed by atoms with van der Waals surface area (Å²) in [6, 6.07) is 4.53. The summed E-state index contributed by atoms with van der Waals surface area (Å²) in [6.07, 6.45) is 2.71. The lowest BCUT2D eigenvalue weighted by atomic mass is 10.1. The molecule has 2 aliphatic rings. The fraction of sp³-hybridized carbons (Fsp3) is 0.632. The molecule has 150 valence electrons. The van der Waals surface area contributed by atoms with E-state index in [9.17, 15) is 13.2 Å². The Labute approximate surface area is 161 Å². The third-order valence-electron chi connectivity index (χ3n) is 5.07. The van der Waals surface area contributed by atoms with Crippen molar-refractivity contribution in [1.82, 2.24) is 9.21 Å². The molecule has 2 fully saturated rings. The SMILES string of the molecule is COc1ccc(S(=O)(=O)N2C[C@H](C)O[C@@H](C)C2)cc1C(=O)N1CCCCC1. The van der Waals surface area contributed by atoms with Crippen molar-refractivity contribution in [3.05, 3.63) is 23.8 Å². The number of carbonyl (C=O) groups is 1. The van der Waals surface area contributed by atoms with Gasteiger partial charge >= 0.3 is 0 Å². The first-order valence-corrected chi connectivity index (χ1v) is 10.9. The molecule has 2 atom stereocenters. The fourth-order valence-corrected chi connectivity index (χ4v) is 5.38. The Morgan fingerprint density at radius 3 is 2.33 bits per heavy atom. The van der Waals surface area contributed by atoms with E-state index in [2.05, 4.69) is 0 Å². The number of morpholine rings is 1. The van der Waals surface area contributed by atoms with E-state index in [4.69, 9.17) is 9.47 Å². The highest BCUT2D eigenvalue weighted by atomic mass is 32.2. The van der Waals surface area contributed by atoms with Gasteiger partial charge in [-0.1, -0.05) is 0 Å². The van der Waals surface area contributed by atoms with Gasteiger partial charge in [0.15, 0.2) is 0 Å². The largest absolute Gasteiger partial charge is 0.496 e. The van der Waals surface area contributed by atoms with Gasteiger partial charge in [-0.3, -0.25) is 4.79 Å². The molecule has 0 bridgehead atoms. The number of benzene rings is 1. The van der Waals surface area contributed by atoms with Crippen LogP contribution in [0.2, 0.25) is 0 Å². The molecule has 7 nitrogen and oxygen atoms in total. The summed E-state index contributed by atoms with van der Waals surface area (Å²) in [6.45, 7) is 5.70. The predicted octanol–water partition coefficient (Wildman–Crippen LogP) is 2.12. The number of amides is 1. The first kappa shape index (κ1) is 20.1. The zero-order valence-electron chi connectivity index (χ0n) is 16.2. The molecule has 0 unspecified atom stereocenters. The number of likely N-dealkylation sites (tertiary alicyclic amines) is 1. The minimum absolute atomic E-state index is 0.116. The van der Waals surface area contributed by atoms with Crippen LogP contribution in [0.25, 0.3) is 0 Å². The Kier molecular flexibility index (Phi) is 6.08. The van der Waals surface area contributed by atoms with E-state index in [0.717, 1.165) is 19.3 Å². The zero-order valence-corrected chi connectivity index (χ0v) is 17.0.